The highest BCUT2D eigenvalue weighted by Crippen LogP contribution is 2.33. The van der Waals surface area contributed by atoms with E-state index in [4.69, 9.17) is 0 Å². The first-order valence-corrected chi connectivity index (χ1v) is 4.18. The zero-order chi connectivity index (χ0) is 9.19. The maximum Gasteiger partial charge on any atom is 0.284 e. The monoisotopic (exact) mass is 188 g/mol. The Kier molecular flexibility index (Phi) is 2.73. The van der Waals surface area contributed by atoms with Crippen LogP contribution in [0, 0.1) is 0 Å². The van der Waals surface area contributed by atoms with Crippen LogP contribution in [0.4, 0.5) is 8.78 Å². The third-order valence-electron chi connectivity index (χ3n) is 1.68. The molecular weight excluding hydrogens is 178 g/mol. The minimum Gasteiger partial charge on any atom is -0.200 e. The Morgan fingerprint density at radius 3 is 2.17 bits per heavy atom. The number of hydrogen-bond acceptors (Lipinski definition) is 1. The van der Waals surface area contributed by atoms with Crippen molar-refractivity contribution in [2.24, 2.45) is 0 Å². The summed E-state index contributed by atoms with van der Waals surface area (Å²) in [6.45, 7) is 1.39. The van der Waals surface area contributed by atoms with Gasteiger partial charge in [-0.25, -0.2) is 8.78 Å². The van der Waals surface area contributed by atoms with Crippen molar-refractivity contribution in [2.45, 2.75) is 18.1 Å². The molecule has 0 bridgehead atoms. The molecule has 0 aliphatic carbocycles. The Morgan fingerprint density at radius 2 is 1.75 bits per heavy atom. The van der Waals surface area contributed by atoms with Crippen LogP contribution in [0.5, 0.6) is 0 Å². The van der Waals surface area contributed by atoms with E-state index in [0.29, 0.717) is 0 Å². The number of hydrogen-bond donors (Lipinski definition) is 1. The van der Waals surface area contributed by atoms with Gasteiger partial charge in [0.1, 0.15) is 0 Å². The summed E-state index contributed by atoms with van der Waals surface area (Å²) in [5.41, 5.74) is 0.0208. The summed E-state index contributed by atoms with van der Waals surface area (Å²) in [5, 5.41) is -0.958. The molecule has 0 aromatic heterocycles. The van der Waals surface area contributed by atoms with Crippen LogP contribution in [0.25, 0.3) is 0 Å². The minimum atomic E-state index is -2.84. The predicted octanol–water partition coefficient (Wildman–Crippen LogP) is 3.10. The minimum absolute atomic E-state index is 0.0208. The topological polar surface area (TPSA) is 0 Å². The van der Waals surface area contributed by atoms with Crippen molar-refractivity contribution in [2.75, 3.05) is 0 Å². The van der Waals surface area contributed by atoms with E-state index in [-0.39, 0.29) is 5.56 Å². The molecule has 0 nitrogen and oxygen atoms in total. The molecule has 12 heavy (non-hydrogen) atoms. The maximum absolute atomic E-state index is 13.2. The van der Waals surface area contributed by atoms with E-state index in [9.17, 15) is 8.78 Å². The van der Waals surface area contributed by atoms with Gasteiger partial charge in [0.25, 0.3) is 5.92 Å². The normalized spacial score (nSPS) is 14.3. The Bertz CT molecular complexity index is 244. The van der Waals surface area contributed by atoms with Crippen molar-refractivity contribution in [3.8, 4) is 0 Å². The van der Waals surface area contributed by atoms with E-state index in [1.165, 1.54) is 19.1 Å². The third kappa shape index (κ3) is 1.78. The largest absolute Gasteiger partial charge is 0.284 e. The van der Waals surface area contributed by atoms with Gasteiger partial charge in [-0.1, -0.05) is 30.3 Å². The number of rotatable bonds is 2. The number of benzene rings is 1. The van der Waals surface area contributed by atoms with Crippen LogP contribution < -0.4 is 0 Å². The highest BCUT2D eigenvalue weighted by atomic mass is 32.1. The summed E-state index contributed by atoms with van der Waals surface area (Å²) in [6, 6.07) is 7.72. The van der Waals surface area contributed by atoms with Gasteiger partial charge in [0.05, 0.1) is 5.25 Å². The van der Waals surface area contributed by atoms with Crippen LogP contribution in [0.3, 0.4) is 0 Å². The fraction of sp³-hybridized carbons (Fsp3) is 0.333. The molecule has 0 radical (unpaired) electrons. The molecule has 0 aliphatic heterocycles. The molecule has 3 heteroatoms. The molecule has 0 saturated carbocycles. The lowest BCUT2D eigenvalue weighted by molar-refractivity contribution is -0.00138. The van der Waals surface area contributed by atoms with Gasteiger partial charge in [0.15, 0.2) is 0 Å². The summed E-state index contributed by atoms with van der Waals surface area (Å²) in [5.74, 6) is -2.84. The van der Waals surface area contributed by atoms with Crippen molar-refractivity contribution in [1.29, 1.82) is 0 Å². The Morgan fingerprint density at radius 1 is 1.25 bits per heavy atom. The molecule has 0 saturated heterocycles. The van der Waals surface area contributed by atoms with Crippen molar-refractivity contribution >= 4 is 12.6 Å². The average Bonchev–Trinajstić information content (AvgIpc) is 2.06. The smallest absolute Gasteiger partial charge is 0.200 e. The highest BCUT2D eigenvalue weighted by molar-refractivity contribution is 7.81. The standard InChI is InChI=1S/C9H10F2S/c1-7(12)9(10,11)8-5-3-2-4-6-8/h2-7,12H,1H3. The van der Waals surface area contributed by atoms with E-state index in [1.807, 2.05) is 0 Å². The van der Waals surface area contributed by atoms with Crippen LogP contribution in [0.1, 0.15) is 12.5 Å². The van der Waals surface area contributed by atoms with Gasteiger partial charge >= 0.3 is 0 Å². The highest BCUT2D eigenvalue weighted by Gasteiger charge is 2.35. The van der Waals surface area contributed by atoms with E-state index >= 15 is 0 Å². The van der Waals surface area contributed by atoms with Gasteiger partial charge in [-0.05, 0) is 6.92 Å². The number of thiol groups is 1. The van der Waals surface area contributed by atoms with E-state index in [2.05, 4.69) is 12.6 Å². The molecule has 1 aromatic carbocycles. The first-order valence-electron chi connectivity index (χ1n) is 3.66. The molecule has 0 heterocycles. The van der Waals surface area contributed by atoms with Gasteiger partial charge in [0, 0.05) is 5.56 Å². The Balaban J connectivity index is 2.98. The lowest BCUT2D eigenvalue weighted by atomic mass is 10.1. The van der Waals surface area contributed by atoms with Crippen molar-refractivity contribution in [3.05, 3.63) is 35.9 Å². The zero-order valence-electron chi connectivity index (χ0n) is 6.67. The average molecular weight is 188 g/mol. The number of alkyl halides is 2. The lowest BCUT2D eigenvalue weighted by Crippen LogP contribution is -2.23. The van der Waals surface area contributed by atoms with Crippen LogP contribution in [-0.4, -0.2) is 5.25 Å². The molecule has 0 fully saturated rings. The van der Waals surface area contributed by atoms with Crippen LogP contribution in [0.15, 0.2) is 30.3 Å². The fourth-order valence-electron chi connectivity index (χ4n) is 0.902. The second kappa shape index (κ2) is 3.44. The summed E-state index contributed by atoms with van der Waals surface area (Å²) in [4.78, 5) is 0. The van der Waals surface area contributed by atoms with Crippen molar-refractivity contribution < 1.29 is 8.78 Å². The Labute approximate surface area is 76.0 Å². The lowest BCUT2D eigenvalue weighted by Gasteiger charge is -2.19. The molecule has 0 amide bonds. The summed E-state index contributed by atoms with van der Waals surface area (Å²) >= 11 is 3.74. The first-order chi connectivity index (χ1) is 5.55. The first kappa shape index (κ1) is 9.52. The third-order valence-corrected chi connectivity index (χ3v) is 2.01. The molecule has 1 rings (SSSR count). The van der Waals surface area contributed by atoms with Crippen molar-refractivity contribution in [3.63, 3.8) is 0 Å². The zero-order valence-corrected chi connectivity index (χ0v) is 7.56. The maximum atomic E-state index is 13.2. The summed E-state index contributed by atoms with van der Waals surface area (Å²) < 4.78 is 26.4. The van der Waals surface area contributed by atoms with Crippen molar-refractivity contribution in [1.82, 2.24) is 0 Å². The van der Waals surface area contributed by atoms with Gasteiger partial charge < -0.3 is 0 Å². The second-order valence-electron chi connectivity index (χ2n) is 2.66. The van der Waals surface area contributed by atoms with Gasteiger partial charge in [0.2, 0.25) is 0 Å². The Hall–Kier alpha value is -0.570. The van der Waals surface area contributed by atoms with Gasteiger partial charge in [-0.2, -0.15) is 12.6 Å². The predicted molar refractivity (Wildman–Crippen MR) is 48.8 cm³/mol. The molecule has 1 atom stereocenters. The second-order valence-corrected chi connectivity index (χ2v) is 3.44. The van der Waals surface area contributed by atoms with Gasteiger partial charge in [-0.15, -0.1) is 0 Å². The molecule has 0 aliphatic rings. The van der Waals surface area contributed by atoms with Crippen LogP contribution in [0.2, 0.25) is 0 Å². The van der Waals surface area contributed by atoms with Crippen LogP contribution in [-0.2, 0) is 5.92 Å². The number of halogens is 2. The van der Waals surface area contributed by atoms with E-state index < -0.39 is 11.2 Å². The molecule has 66 valence electrons. The molecular formula is C9H10F2S. The SMILES string of the molecule is CC(S)C(F)(F)c1ccccc1. The van der Waals surface area contributed by atoms with E-state index in [0.717, 1.165) is 0 Å². The molecule has 1 unspecified atom stereocenters. The van der Waals surface area contributed by atoms with Crippen LogP contribution >= 0.6 is 12.6 Å². The molecule has 1 aromatic rings. The molecule has 0 spiro atoms. The van der Waals surface area contributed by atoms with Gasteiger partial charge in [-0.3, -0.25) is 0 Å². The molecule has 0 N–H and O–H groups in total. The van der Waals surface area contributed by atoms with E-state index in [1.54, 1.807) is 18.2 Å². The summed E-state index contributed by atoms with van der Waals surface area (Å²) in [7, 11) is 0. The summed E-state index contributed by atoms with van der Waals surface area (Å²) in [6.07, 6.45) is 0. The quantitative estimate of drug-likeness (QED) is 0.677. The fourth-order valence-corrected chi connectivity index (χ4v) is 1.05.